The summed E-state index contributed by atoms with van der Waals surface area (Å²) in [6.07, 6.45) is 1.48. The van der Waals surface area contributed by atoms with Gasteiger partial charge in [-0.25, -0.2) is 13.8 Å². The van der Waals surface area contributed by atoms with E-state index >= 15 is 0 Å². The van der Waals surface area contributed by atoms with Crippen LogP contribution in [0, 0.1) is 17.6 Å². The summed E-state index contributed by atoms with van der Waals surface area (Å²) in [7, 11) is 0. The van der Waals surface area contributed by atoms with Crippen LogP contribution in [0.25, 0.3) is 0 Å². The maximum absolute atomic E-state index is 14.0. The molecule has 0 fully saturated rings. The van der Waals surface area contributed by atoms with Gasteiger partial charge in [-0.05, 0) is 30.0 Å². The number of carbonyl (C=O) groups excluding carboxylic acids is 1. The Kier molecular flexibility index (Phi) is 6.39. The Labute approximate surface area is 163 Å². The molecule has 3 rings (SSSR count). The number of nitrogens with one attached hydrogen (secondary N) is 1. The number of nitrogens with zero attached hydrogens (tertiary/aromatic N) is 1. The summed E-state index contributed by atoms with van der Waals surface area (Å²) in [5.74, 6) is -2.18. The van der Waals surface area contributed by atoms with E-state index in [1.165, 1.54) is 6.07 Å². The molecule has 1 aliphatic heterocycles. The first-order chi connectivity index (χ1) is 13.5. The highest BCUT2D eigenvalue weighted by Crippen LogP contribution is 2.20. The molecule has 6 heteroatoms. The highest BCUT2D eigenvalue weighted by atomic mass is 19.1. The first-order valence-electron chi connectivity index (χ1n) is 9.48. The Morgan fingerprint density at radius 2 is 1.86 bits per heavy atom. The minimum absolute atomic E-state index is 0.00647. The number of amides is 1. The summed E-state index contributed by atoms with van der Waals surface area (Å²) in [6.45, 7) is 4.34. The summed E-state index contributed by atoms with van der Waals surface area (Å²) in [4.78, 5) is 17.2. The molecule has 3 atom stereocenters. The summed E-state index contributed by atoms with van der Waals surface area (Å²) in [5, 5.41) is 2.72. The average Bonchev–Trinajstić information content (AvgIpc) is 3.14. The molecule has 1 N–H and O–H groups in total. The molecule has 1 aliphatic rings. The van der Waals surface area contributed by atoms with Crippen LogP contribution in [0.15, 0.2) is 53.5 Å². The fraction of sp³-hybridized carbons (Fsp3) is 0.364. The molecule has 0 saturated heterocycles. The number of benzene rings is 2. The number of carbonyl (C=O) groups is 1. The molecule has 0 radical (unpaired) electrons. The predicted molar refractivity (Wildman–Crippen MR) is 104 cm³/mol. The maximum Gasteiger partial charge on any atom is 0.257 e. The lowest BCUT2D eigenvalue weighted by atomic mass is 9.98. The predicted octanol–water partition coefficient (Wildman–Crippen LogP) is 4.15. The molecule has 0 bridgehead atoms. The van der Waals surface area contributed by atoms with Crippen LogP contribution in [0.2, 0.25) is 0 Å². The fourth-order valence-corrected chi connectivity index (χ4v) is 3.21. The SMILES string of the molecule is CC[C@H](C)C(NC(=O)c1c(F)cccc1F)C1=N[C@@H](Cc2ccccc2)CO1. The van der Waals surface area contributed by atoms with Gasteiger partial charge in [-0.15, -0.1) is 0 Å². The minimum Gasteiger partial charge on any atom is -0.477 e. The van der Waals surface area contributed by atoms with Gasteiger partial charge in [-0.2, -0.15) is 0 Å². The summed E-state index contributed by atoms with van der Waals surface area (Å²) in [6, 6.07) is 12.7. The van der Waals surface area contributed by atoms with Gasteiger partial charge in [0.1, 0.15) is 29.8 Å². The lowest BCUT2D eigenvalue weighted by Crippen LogP contribution is -2.45. The van der Waals surface area contributed by atoms with Gasteiger partial charge in [0.2, 0.25) is 5.90 Å². The molecule has 0 aromatic heterocycles. The van der Waals surface area contributed by atoms with Crippen molar-refractivity contribution in [2.45, 2.75) is 38.8 Å². The lowest BCUT2D eigenvalue weighted by Gasteiger charge is -2.23. The highest BCUT2D eigenvalue weighted by Gasteiger charge is 2.32. The van der Waals surface area contributed by atoms with Gasteiger partial charge in [0.25, 0.3) is 5.91 Å². The number of hydrogen-bond acceptors (Lipinski definition) is 3. The van der Waals surface area contributed by atoms with E-state index in [0.29, 0.717) is 12.5 Å². The second-order valence-electron chi connectivity index (χ2n) is 7.06. The average molecular weight is 386 g/mol. The third-order valence-electron chi connectivity index (χ3n) is 5.00. The molecule has 1 amide bonds. The molecular formula is C22H24F2N2O2. The van der Waals surface area contributed by atoms with Crippen LogP contribution in [0.4, 0.5) is 8.78 Å². The normalized spacial score (nSPS) is 18.1. The van der Waals surface area contributed by atoms with E-state index in [2.05, 4.69) is 10.3 Å². The van der Waals surface area contributed by atoms with Crippen molar-refractivity contribution in [1.82, 2.24) is 5.32 Å². The van der Waals surface area contributed by atoms with Crippen LogP contribution in [-0.4, -0.2) is 30.5 Å². The second-order valence-corrected chi connectivity index (χ2v) is 7.06. The van der Waals surface area contributed by atoms with Crippen molar-refractivity contribution < 1.29 is 18.3 Å². The molecule has 4 nitrogen and oxygen atoms in total. The number of aliphatic imine (C=N–C) groups is 1. The molecule has 1 heterocycles. The number of hydrogen-bond donors (Lipinski definition) is 1. The molecule has 148 valence electrons. The van der Waals surface area contributed by atoms with E-state index in [-0.39, 0.29) is 12.0 Å². The zero-order chi connectivity index (χ0) is 20.1. The van der Waals surface area contributed by atoms with E-state index < -0.39 is 29.1 Å². The van der Waals surface area contributed by atoms with Crippen LogP contribution < -0.4 is 5.32 Å². The largest absolute Gasteiger partial charge is 0.477 e. The summed E-state index contributed by atoms with van der Waals surface area (Å²) < 4.78 is 33.7. The van der Waals surface area contributed by atoms with Gasteiger partial charge in [0.05, 0.1) is 6.04 Å². The monoisotopic (exact) mass is 386 g/mol. The Morgan fingerprint density at radius 3 is 2.50 bits per heavy atom. The van der Waals surface area contributed by atoms with E-state index in [1.807, 2.05) is 44.2 Å². The molecular weight excluding hydrogens is 362 g/mol. The molecule has 0 spiro atoms. The molecule has 2 aromatic rings. The van der Waals surface area contributed by atoms with Crippen molar-refractivity contribution >= 4 is 11.8 Å². The smallest absolute Gasteiger partial charge is 0.257 e. The summed E-state index contributed by atoms with van der Waals surface area (Å²) in [5.41, 5.74) is 0.564. The molecule has 0 saturated carbocycles. The topological polar surface area (TPSA) is 50.7 Å². The molecule has 1 unspecified atom stereocenters. The highest BCUT2D eigenvalue weighted by molar-refractivity contribution is 5.98. The van der Waals surface area contributed by atoms with Gasteiger partial charge >= 0.3 is 0 Å². The van der Waals surface area contributed by atoms with Gasteiger partial charge < -0.3 is 10.1 Å². The third-order valence-corrected chi connectivity index (χ3v) is 5.00. The van der Waals surface area contributed by atoms with Crippen molar-refractivity contribution in [1.29, 1.82) is 0 Å². The Morgan fingerprint density at radius 1 is 1.18 bits per heavy atom. The maximum atomic E-state index is 14.0. The number of rotatable bonds is 7. The zero-order valence-corrected chi connectivity index (χ0v) is 16.0. The first kappa shape index (κ1) is 20.0. The molecule has 28 heavy (non-hydrogen) atoms. The third kappa shape index (κ3) is 4.55. The van der Waals surface area contributed by atoms with Crippen LogP contribution >= 0.6 is 0 Å². The quantitative estimate of drug-likeness (QED) is 0.777. The second kappa shape index (κ2) is 8.95. The van der Waals surface area contributed by atoms with Crippen LogP contribution in [0.1, 0.15) is 36.2 Å². The fourth-order valence-electron chi connectivity index (χ4n) is 3.21. The Hall–Kier alpha value is -2.76. The van der Waals surface area contributed by atoms with E-state index in [0.717, 1.165) is 30.5 Å². The van der Waals surface area contributed by atoms with E-state index in [1.54, 1.807) is 0 Å². The van der Waals surface area contributed by atoms with Gasteiger partial charge in [-0.1, -0.05) is 56.7 Å². The molecule has 2 aromatic carbocycles. The Balaban J connectivity index is 1.77. The van der Waals surface area contributed by atoms with Crippen LogP contribution in [-0.2, 0) is 11.2 Å². The van der Waals surface area contributed by atoms with Gasteiger partial charge in [0, 0.05) is 0 Å². The molecule has 0 aliphatic carbocycles. The first-order valence-corrected chi connectivity index (χ1v) is 9.48. The van der Waals surface area contributed by atoms with E-state index in [4.69, 9.17) is 4.74 Å². The van der Waals surface area contributed by atoms with Crippen LogP contribution in [0.5, 0.6) is 0 Å². The van der Waals surface area contributed by atoms with Gasteiger partial charge in [-0.3, -0.25) is 4.79 Å². The van der Waals surface area contributed by atoms with Crippen molar-refractivity contribution in [3.05, 3.63) is 71.3 Å². The summed E-state index contributed by atoms with van der Waals surface area (Å²) >= 11 is 0. The zero-order valence-electron chi connectivity index (χ0n) is 16.0. The Bertz CT molecular complexity index is 835. The van der Waals surface area contributed by atoms with Crippen molar-refractivity contribution in [2.24, 2.45) is 10.9 Å². The van der Waals surface area contributed by atoms with Crippen molar-refractivity contribution in [3.8, 4) is 0 Å². The van der Waals surface area contributed by atoms with E-state index in [9.17, 15) is 13.6 Å². The van der Waals surface area contributed by atoms with Crippen molar-refractivity contribution in [2.75, 3.05) is 6.61 Å². The standard InChI is InChI=1S/C22H24F2N2O2/c1-3-14(2)20(26-21(27)19-17(23)10-7-11-18(19)24)22-25-16(13-28-22)12-15-8-5-4-6-9-15/h4-11,14,16,20H,3,12-13H2,1-2H3,(H,26,27)/t14-,16-,20?/m0/s1. The van der Waals surface area contributed by atoms with Crippen molar-refractivity contribution in [3.63, 3.8) is 0 Å². The minimum atomic E-state index is -0.892. The van der Waals surface area contributed by atoms with Crippen LogP contribution in [0.3, 0.4) is 0 Å². The number of ether oxygens (including phenoxy) is 1. The van der Waals surface area contributed by atoms with Gasteiger partial charge in [0.15, 0.2) is 0 Å². The number of halogens is 2. The lowest BCUT2D eigenvalue weighted by molar-refractivity contribution is 0.0924.